The number of halogens is 1. The van der Waals surface area contributed by atoms with Gasteiger partial charge >= 0.3 is 0 Å². The van der Waals surface area contributed by atoms with E-state index in [0.717, 1.165) is 34.6 Å². The van der Waals surface area contributed by atoms with Gasteiger partial charge in [0.05, 0.1) is 0 Å². The van der Waals surface area contributed by atoms with E-state index in [2.05, 4.69) is 23.2 Å². The first-order valence-corrected chi connectivity index (χ1v) is 7.26. The molecule has 18 heavy (non-hydrogen) atoms. The van der Waals surface area contributed by atoms with Crippen LogP contribution in [0.4, 0.5) is 0 Å². The molecule has 0 N–H and O–H groups in total. The fraction of sp³-hybridized carbons (Fsp3) is 0.214. The minimum absolute atomic E-state index is 0.702. The maximum absolute atomic E-state index is 5.79. The predicted molar refractivity (Wildman–Crippen MR) is 76.4 cm³/mol. The van der Waals surface area contributed by atoms with Crippen molar-refractivity contribution in [2.45, 2.75) is 12.8 Å². The van der Waals surface area contributed by atoms with Crippen LogP contribution in [0.15, 0.2) is 40.3 Å². The zero-order valence-electron chi connectivity index (χ0n) is 9.73. The Hall–Kier alpha value is -1.32. The molecule has 0 atom stereocenters. The lowest BCUT2D eigenvalue weighted by molar-refractivity contribution is 0.631. The highest BCUT2D eigenvalue weighted by Crippen LogP contribution is 2.29. The molecule has 92 valence electrons. The summed E-state index contributed by atoms with van der Waals surface area (Å²) in [6.07, 6.45) is 3.81. The second-order valence-electron chi connectivity index (χ2n) is 4.11. The molecule has 0 spiro atoms. The molecule has 0 amide bonds. The van der Waals surface area contributed by atoms with Crippen LogP contribution >= 0.6 is 22.9 Å². The third-order valence-electron chi connectivity index (χ3n) is 2.82. The van der Waals surface area contributed by atoms with E-state index in [9.17, 15) is 0 Å². The summed E-state index contributed by atoms with van der Waals surface area (Å²) in [5.41, 5.74) is 2.21. The Labute approximate surface area is 114 Å². The fourth-order valence-electron chi connectivity index (χ4n) is 1.97. The first kappa shape index (κ1) is 11.8. The number of hydrogen-bond acceptors (Lipinski definition) is 3. The Balaban J connectivity index is 1.97. The van der Waals surface area contributed by atoms with Crippen LogP contribution in [0.3, 0.4) is 0 Å². The average Bonchev–Trinajstić information content (AvgIpc) is 3.03. The van der Waals surface area contributed by atoms with Crippen molar-refractivity contribution in [3.05, 3.63) is 41.4 Å². The highest BCUT2D eigenvalue weighted by Gasteiger charge is 2.08. The number of aryl methyl sites for hydroxylation is 1. The summed E-state index contributed by atoms with van der Waals surface area (Å²) < 4.78 is 5.79. The van der Waals surface area contributed by atoms with E-state index in [1.54, 1.807) is 17.5 Å². The van der Waals surface area contributed by atoms with Crippen molar-refractivity contribution in [3.8, 4) is 10.8 Å². The Kier molecular flexibility index (Phi) is 3.35. The molecule has 2 aromatic heterocycles. The van der Waals surface area contributed by atoms with E-state index in [4.69, 9.17) is 16.0 Å². The predicted octanol–water partition coefficient (Wildman–Crippen LogP) is 4.73. The summed E-state index contributed by atoms with van der Waals surface area (Å²) in [7, 11) is 0. The summed E-state index contributed by atoms with van der Waals surface area (Å²) in [6, 6.07) is 8.35. The smallest absolute Gasteiger partial charge is 0.164 e. The molecule has 4 heteroatoms. The van der Waals surface area contributed by atoms with Crippen molar-refractivity contribution >= 4 is 33.9 Å². The highest BCUT2D eigenvalue weighted by molar-refractivity contribution is 7.13. The SMILES string of the molecule is ClCCCc1ccc2oc(-c3nccs3)cc2c1. The van der Waals surface area contributed by atoms with Crippen LogP contribution in [0, 0.1) is 0 Å². The van der Waals surface area contributed by atoms with Gasteiger partial charge in [-0.2, -0.15) is 0 Å². The molecular weight excluding hydrogens is 266 g/mol. The number of thiazole rings is 1. The van der Waals surface area contributed by atoms with Gasteiger partial charge < -0.3 is 4.42 Å². The molecule has 2 nitrogen and oxygen atoms in total. The Morgan fingerprint density at radius 2 is 2.22 bits per heavy atom. The van der Waals surface area contributed by atoms with E-state index in [1.165, 1.54) is 5.56 Å². The van der Waals surface area contributed by atoms with Gasteiger partial charge in [-0.15, -0.1) is 22.9 Å². The Morgan fingerprint density at radius 3 is 3.00 bits per heavy atom. The Bertz CT molecular complexity index is 645. The van der Waals surface area contributed by atoms with Crippen molar-refractivity contribution in [3.63, 3.8) is 0 Å². The van der Waals surface area contributed by atoms with Gasteiger partial charge in [0.1, 0.15) is 5.58 Å². The molecule has 3 rings (SSSR count). The third-order valence-corrected chi connectivity index (χ3v) is 3.88. The average molecular weight is 278 g/mol. The van der Waals surface area contributed by atoms with Gasteiger partial charge in [-0.25, -0.2) is 4.98 Å². The zero-order chi connectivity index (χ0) is 12.4. The quantitative estimate of drug-likeness (QED) is 0.645. The third kappa shape index (κ3) is 2.28. The Morgan fingerprint density at radius 1 is 1.28 bits per heavy atom. The molecule has 0 fully saturated rings. The van der Waals surface area contributed by atoms with Gasteiger partial charge in [-0.05, 0) is 36.6 Å². The second kappa shape index (κ2) is 5.12. The van der Waals surface area contributed by atoms with Crippen molar-refractivity contribution in [1.82, 2.24) is 4.98 Å². The number of fused-ring (bicyclic) bond motifs is 1. The van der Waals surface area contributed by atoms with Gasteiger partial charge in [0.15, 0.2) is 10.8 Å². The van der Waals surface area contributed by atoms with Crippen LogP contribution in [-0.2, 0) is 6.42 Å². The fourth-order valence-corrected chi connectivity index (χ4v) is 2.69. The molecule has 0 aliphatic carbocycles. The maximum atomic E-state index is 5.79. The summed E-state index contributed by atoms with van der Waals surface area (Å²) in [6.45, 7) is 0. The molecule has 0 bridgehead atoms. The molecule has 1 aromatic carbocycles. The molecule has 0 unspecified atom stereocenters. The molecular formula is C14H12ClNOS. The zero-order valence-corrected chi connectivity index (χ0v) is 11.3. The second-order valence-corrected chi connectivity index (χ2v) is 5.39. The maximum Gasteiger partial charge on any atom is 0.164 e. The van der Waals surface area contributed by atoms with Crippen LogP contribution in [-0.4, -0.2) is 10.9 Å². The molecule has 0 radical (unpaired) electrons. The standard InChI is InChI=1S/C14H12ClNOS/c15-5-1-2-10-3-4-12-11(8-10)9-13(17-12)14-16-6-7-18-14/h3-4,6-9H,1-2,5H2. The van der Waals surface area contributed by atoms with Crippen LogP contribution in [0.5, 0.6) is 0 Å². The molecule has 0 aliphatic rings. The summed E-state index contributed by atoms with van der Waals surface area (Å²) in [5, 5.41) is 4.01. The van der Waals surface area contributed by atoms with E-state index in [1.807, 2.05) is 11.4 Å². The number of alkyl halides is 1. The van der Waals surface area contributed by atoms with Gasteiger partial charge in [-0.1, -0.05) is 6.07 Å². The van der Waals surface area contributed by atoms with Crippen LogP contribution in [0.1, 0.15) is 12.0 Å². The minimum atomic E-state index is 0.702. The lowest BCUT2D eigenvalue weighted by Gasteiger charge is -1.98. The number of rotatable bonds is 4. The number of hydrogen-bond donors (Lipinski definition) is 0. The van der Waals surface area contributed by atoms with Gasteiger partial charge in [0, 0.05) is 22.8 Å². The van der Waals surface area contributed by atoms with Crippen molar-refractivity contribution < 1.29 is 4.42 Å². The van der Waals surface area contributed by atoms with E-state index >= 15 is 0 Å². The lowest BCUT2D eigenvalue weighted by atomic mass is 10.1. The van der Waals surface area contributed by atoms with Crippen molar-refractivity contribution in [2.24, 2.45) is 0 Å². The van der Waals surface area contributed by atoms with E-state index in [0.29, 0.717) is 5.88 Å². The van der Waals surface area contributed by atoms with Crippen molar-refractivity contribution in [2.75, 3.05) is 5.88 Å². The normalized spacial score (nSPS) is 11.2. The van der Waals surface area contributed by atoms with Gasteiger partial charge in [0.2, 0.25) is 0 Å². The number of nitrogens with zero attached hydrogens (tertiary/aromatic N) is 1. The number of furan rings is 1. The highest BCUT2D eigenvalue weighted by atomic mass is 35.5. The summed E-state index contributed by atoms with van der Waals surface area (Å²) in [5.74, 6) is 1.54. The minimum Gasteiger partial charge on any atom is -0.454 e. The van der Waals surface area contributed by atoms with Gasteiger partial charge in [-0.3, -0.25) is 0 Å². The van der Waals surface area contributed by atoms with Crippen molar-refractivity contribution in [1.29, 1.82) is 0 Å². The molecule has 0 aliphatic heterocycles. The van der Waals surface area contributed by atoms with Crippen LogP contribution in [0.2, 0.25) is 0 Å². The summed E-state index contributed by atoms with van der Waals surface area (Å²) >= 11 is 7.30. The largest absolute Gasteiger partial charge is 0.454 e. The topological polar surface area (TPSA) is 26.0 Å². The molecule has 2 heterocycles. The van der Waals surface area contributed by atoms with Crippen LogP contribution < -0.4 is 0 Å². The number of benzene rings is 1. The summed E-state index contributed by atoms with van der Waals surface area (Å²) in [4.78, 5) is 4.26. The first-order chi connectivity index (χ1) is 8.86. The first-order valence-electron chi connectivity index (χ1n) is 5.85. The monoisotopic (exact) mass is 277 g/mol. The van der Waals surface area contributed by atoms with Crippen LogP contribution in [0.25, 0.3) is 21.7 Å². The van der Waals surface area contributed by atoms with E-state index < -0.39 is 0 Å². The molecule has 0 saturated heterocycles. The molecule has 3 aromatic rings. The van der Waals surface area contributed by atoms with E-state index in [-0.39, 0.29) is 0 Å². The molecule has 0 saturated carbocycles. The lowest BCUT2D eigenvalue weighted by Crippen LogP contribution is -1.84. The number of aromatic nitrogens is 1. The van der Waals surface area contributed by atoms with Gasteiger partial charge in [0.25, 0.3) is 0 Å².